The van der Waals surface area contributed by atoms with Gasteiger partial charge in [-0.3, -0.25) is 4.79 Å². The number of aliphatic hydroxyl groups excluding tert-OH is 1. The third-order valence-electron chi connectivity index (χ3n) is 3.30. The number of benzene rings is 1. The van der Waals surface area contributed by atoms with E-state index in [9.17, 15) is 9.90 Å². The van der Waals surface area contributed by atoms with Crippen LogP contribution in [0.4, 0.5) is 5.69 Å². The number of para-hydroxylation sites is 1. The minimum Gasteiger partial charge on any atom is -0.389 e. The minimum absolute atomic E-state index is 0.0113. The molecule has 1 aromatic carbocycles. The number of hydrogen-bond acceptors (Lipinski definition) is 3. The van der Waals surface area contributed by atoms with E-state index in [1.165, 1.54) is 0 Å². The van der Waals surface area contributed by atoms with Crippen LogP contribution in [0.1, 0.15) is 37.9 Å². The molecule has 2 atom stereocenters. The molecule has 0 aliphatic carbocycles. The Kier molecular flexibility index (Phi) is 4.33. The molecule has 0 radical (unpaired) electrons. The Balaban J connectivity index is 2.06. The summed E-state index contributed by atoms with van der Waals surface area (Å²) in [5, 5.41) is 15.8. The van der Waals surface area contributed by atoms with Crippen LogP contribution in [-0.4, -0.2) is 23.6 Å². The molecular formula is C14H20N2O2. The summed E-state index contributed by atoms with van der Waals surface area (Å²) in [4.78, 5) is 12.1. The van der Waals surface area contributed by atoms with Crippen molar-refractivity contribution in [3.8, 4) is 0 Å². The molecule has 0 bridgehead atoms. The Morgan fingerprint density at radius 2 is 2.22 bits per heavy atom. The lowest BCUT2D eigenvalue weighted by Gasteiger charge is -2.23. The van der Waals surface area contributed by atoms with Gasteiger partial charge in [0.25, 0.3) is 0 Å². The third kappa shape index (κ3) is 3.09. The molecule has 3 N–H and O–H groups in total. The highest BCUT2D eigenvalue weighted by molar-refractivity contribution is 5.95. The first-order chi connectivity index (χ1) is 8.68. The second kappa shape index (κ2) is 5.98. The fourth-order valence-corrected chi connectivity index (χ4v) is 2.27. The SMILES string of the molecule is CC(O)c1ccccc1NC(=O)C1CCCCN1. The van der Waals surface area contributed by atoms with Gasteiger partial charge in [-0.2, -0.15) is 0 Å². The Labute approximate surface area is 107 Å². The van der Waals surface area contributed by atoms with E-state index in [-0.39, 0.29) is 11.9 Å². The van der Waals surface area contributed by atoms with Gasteiger partial charge in [0.15, 0.2) is 0 Å². The molecule has 4 nitrogen and oxygen atoms in total. The zero-order valence-corrected chi connectivity index (χ0v) is 10.6. The Hall–Kier alpha value is -1.39. The summed E-state index contributed by atoms with van der Waals surface area (Å²) < 4.78 is 0. The molecule has 0 spiro atoms. The van der Waals surface area contributed by atoms with Crippen molar-refractivity contribution >= 4 is 11.6 Å². The van der Waals surface area contributed by atoms with Gasteiger partial charge in [0.05, 0.1) is 12.1 Å². The summed E-state index contributed by atoms with van der Waals surface area (Å²) in [5.41, 5.74) is 1.45. The van der Waals surface area contributed by atoms with E-state index in [0.717, 1.165) is 31.4 Å². The van der Waals surface area contributed by atoms with Crippen LogP contribution < -0.4 is 10.6 Å². The van der Waals surface area contributed by atoms with Crippen molar-refractivity contribution in [2.24, 2.45) is 0 Å². The van der Waals surface area contributed by atoms with Crippen molar-refractivity contribution in [3.05, 3.63) is 29.8 Å². The predicted molar refractivity (Wildman–Crippen MR) is 71.3 cm³/mol. The lowest BCUT2D eigenvalue weighted by atomic mass is 10.0. The first-order valence-electron chi connectivity index (χ1n) is 6.49. The number of nitrogens with one attached hydrogen (secondary N) is 2. The highest BCUT2D eigenvalue weighted by atomic mass is 16.3. The van der Waals surface area contributed by atoms with Gasteiger partial charge >= 0.3 is 0 Å². The summed E-state index contributed by atoms with van der Waals surface area (Å²) >= 11 is 0. The van der Waals surface area contributed by atoms with Crippen molar-refractivity contribution < 1.29 is 9.90 Å². The molecule has 4 heteroatoms. The van der Waals surface area contributed by atoms with E-state index in [1.807, 2.05) is 24.3 Å². The summed E-state index contributed by atoms with van der Waals surface area (Å²) in [7, 11) is 0. The molecule has 1 heterocycles. The van der Waals surface area contributed by atoms with Crippen LogP contribution in [0, 0.1) is 0 Å². The summed E-state index contributed by atoms with van der Waals surface area (Å²) in [5.74, 6) is -0.0113. The maximum atomic E-state index is 12.1. The van der Waals surface area contributed by atoms with Crippen LogP contribution in [0.2, 0.25) is 0 Å². The van der Waals surface area contributed by atoms with E-state index >= 15 is 0 Å². The van der Waals surface area contributed by atoms with E-state index in [4.69, 9.17) is 0 Å². The van der Waals surface area contributed by atoms with Crippen LogP contribution in [0.5, 0.6) is 0 Å². The molecule has 98 valence electrons. The smallest absolute Gasteiger partial charge is 0.241 e. The third-order valence-corrected chi connectivity index (χ3v) is 3.30. The normalized spacial score (nSPS) is 21.3. The molecule has 0 saturated carbocycles. The van der Waals surface area contributed by atoms with Gasteiger partial charge in [0, 0.05) is 11.3 Å². The molecular weight excluding hydrogens is 228 g/mol. The molecule has 1 amide bonds. The lowest BCUT2D eigenvalue weighted by molar-refractivity contribution is -0.118. The molecule has 1 aliphatic rings. The molecule has 1 aliphatic heterocycles. The van der Waals surface area contributed by atoms with Crippen molar-refractivity contribution in [3.63, 3.8) is 0 Å². The Morgan fingerprint density at radius 1 is 1.44 bits per heavy atom. The monoisotopic (exact) mass is 248 g/mol. The van der Waals surface area contributed by atoms with Crippen LogP contribution in [0.3, 0.4) is 0 Å². The molecule has 2 unspecified atom stereocenters. The molecule has 0 aromatic heterocycles. The quantitative estimate of drug-likeness (QED) is 0.764. The van der Waals surface area contributed by atoms with E-state index in [0.29, 0.717) is 5.69 Å². The average molecular weight is 248 g/mol. The first-order valence-corrected chi connectivity index (χ1v) is 6.49. The number of anilines is 1. The van der Waals surface area contributed by atoms with Gasteiger partial charge in [0.1, 0.15) is 0 Å². The van der Waals surface area contributed by atoms with Crippen LogP contribution in [0.25, 0.3) is 0 Å². The zero-order valence-electron chi connectivity index (χ0n) is 10.6. The molecule has 1 aromatic rings. The number of hydrogen-bond donors (Lipinski definition) is 3. The highest BCUT2D eigenvalue weighted by Gasteiger charge is 2.21. The average Bonchev–Trinajstić information content (AvgIpc) is 2.40. The maximum absolute atomic E-state index is 12.1. The highest BCUT2D eigenvalue weighted by Crippen LogP contribution is 2.22. The number of carbonyl (C=O) groups is 1. The van der Waals surface area contributed by atoms with Crippen molar-refractivity contribution in [1.82, 2.24) is 5.32 Å². The van der Waals surface area contributed by atoms with E-state index in [1.54, 1.807) is 6.92 Å². The Bertz CT molecular complexity index is 412. The maximum Gasteiger partial charge on any atom is 0.241 e. The fraction of sp³-hybridized carbons (Fsp3) is 0.500. The zero-order chi connectivity index (χ0) is 13.0. The standard InChI is InChI=1S/C14H20N2O2/c1-10(17)11-6-2-3-7-12(11)16-14(18)13-8-4-5-9-15-13/h2-3,6-7,10,13,15,17H,4-5,8-9H2,1H3,(H,16,18). The topological polar surface area (TPSA) is 61.4 Å². The van der Waals surface area contributed by atoms with Gasteiger partial charge in [0.2, 0.25) is 5.91 Å². The fourth-order valence-electron chi connectivity index (χ4n) is 2.27. The lowest BCUT2D eigenvalue weighted by Crippen LogP contribution is -2.43. The van der Waals surface area contributed by atoms with Gasteiger partial charge in [-0.05, 0) is 32.4 Å². The summed E-state index contributed by atoms with van der Waals surface area (Å²) in [6.45, 7) is 2.60. The molecule has 1 fully saturated rings. The number of piperidine rings is 1. The summed E-state index contributed by atoms with van der Waals surface area (Å²) in [6, 6.07) is 7.25. The largest absolute Gasteiger partial charge is 0.389 e. The summed E-state index contributed by atoms with van der Waals surface area (Å²) in [6.07, 6.45) is 2.51. The Morgan fingerprint density at radius 3 is 2.89 bits per heavy atom. The van der Waals surface area contributed by atoms with Crippen molar-refractivity contribution in [2.75, 3.05) is 11.9 Å². The van der Waals surface area contributed by atoms with Crippen LogP contribution >= 0.6 is 0 Å². The molecule has 1 saturated heterocycles. The van der Waals surface area contributed by atoms with Gasteiger partial charge < -0.3 is 15.7 Å². The van der Waals surface area contributed by atoms with Gasteiger partial charge in [-0.25, -0.2) is 0 Å². The van der Waals surface area contributed by atoms with Gasteiger partial charge in [-0.15, -0.1) is 0 Å². The first kappa shape index (κ1) is 13.1. The molecule has 18 heavy (non-hydrogen) atoms. The van der Waals surface area contributed by atoms with Crippen molar-refractivity contribution in [2.45, 2.75) is 38.3 Å². The predicted octanol–water partition coefficient (Wildman–Crippen LogP) is 1.82. The van der Waals surface area contributed by atoms with E-state index < -0.39 is 6.10 Å². The second-order valence-corrected chi connectivity index (χ2v) is 4.75. The van der Waals surface area contributed by atoms with Crippen molar-refractivity contribution in [1.29, 1.82) is 0 Å². The van der Waals surface area contributed by atoms with Crippen LogP contribution in [0.15, 0.2) is 24.3 Å². The minimum atomic E-state index is -0.583. The van der Waals surface area contributed by atoms with Gasteiger partial charge in [-0.1, -0.05) is 24.6 Å². The number of carbonyl (C=O) groups excluding carboxylic acids is 1. The molecule has 2 rings (SSSR count). The number of aliphatic hydroxyl groups is 1. The number of rotatable bonds is 3. The number of amides is 1. The van der Waals surface area contributed by atoms with Crippen LogP contribution in [-0.2, 0) is 4.79 Å². The second-order valence-electron chi connectivity index (χ2n) is 4.75. The van der Waals surface area contributed by atoms with E-state index in [2.05, 4.69) is 10.6 Å².